The first kappa shape index (κ1) is 17.6. The molecule has 4 rings (SSSR count). The summed E-state index contributed by atoms with van der Waals surface area (Å²) in [5, 5.41) is 10.9. The molecule has 9 heteroatoms. The summed E-state index contributed by atoms with van der Waals surface area (Å²) < 4.78 is 28.2. The van der Waals surface area contributed by atoms with Gasteiger partial charge in [0.15, 0.2) is 18.3 Å². The van der Waals surface area contributed by atoms with Crippen LogP contribution in [0, 0.1) is 5.82 Å². The molecule has 2 aromatic rings. The Morgan fingerprint density at radius 2 is 1.96 bits per heavy atom. The molecule has 1 aromatic heterocycles. The molecule has 1 fully saturated rings. The van der Waals surface area contributed by atoms with Gasteiger partial charge in [0, 0.05) is 26.3 Å². The van der Waals surface area contributed by atoms with Crippen LogP contribution in [0.15, 0.2) is 17.1 Å². The number of halogens is 1. The molecular weight excluding hydrogens is 357 g/mol. The summed E-state index contributed by atoms with van der Waals surface area (Å²) in [7, 11) is 1.69. The van der Waals surface area contributed by atoms with Crippen LogP contribution in [0.1, 0.15) is 24.2 Å². The lowest BCUT2D eigenvalue weighted by Gasteiger charge is -2.39. The van der Waals surface area contributed by atoms with Crippen LogP contribution >= 0.6 is 0 Å². The van der Waals surface area contributed by atoms with Crippen LogP contribution in [0.3, 0.4) is 0 Å². The maximum atomic E-state index is 15.1. The Hall–Kier alpha value is -2.81. The van der Waals surface area contributed by atoms with Crippen LogP contribution < -0.4 is 20.1 Å². The van der Waals surface area contributed by atoms with E-state index in [1.54, 1.807) is 12.1 Å². The minimum Gasteiger partial charge on any atom is -0.477 e. The van der Waals surface area contributed by atoms with E-state index in [-0.39, 0.29) is 35.8 Å². The number of hydrogen-bond donors (Lipinski definition) is 1. The molecule has 2 aliphatic rings. The van der Waals surface area contributed by atoms with E-state index in [2.05, 4.69) is 0 Å². The highest BCUT2D eigenvalue weighted by Gasteiger charge is 2.32. The molecule has 2 unspecified atom stereocenters. The van der Waals surface area contributed by atoms with Gasteiger partial charge in [-0.05, 0) is 19.9 Å². The zero-order valence-corrected chi connectivity index (χ0v) is 15.2. The van der Waals surface area contributed by atoms with E-state index in [1.807, 2.05) is 18.7 Å². The van der Waals surface area contributed by atoms with Crippen LogP contribution in [0.5, 0.6) is 5.75 Å². The van der Waals surface area contributed by atoms with Gasteiger partial charge < -0.3 is 19.5 Å². The molecule has 27 heavy (non-hydrogen) atoms. The number of carboxylic acids is 1. The molecule has 0 saturated carbocycles. The van der Waals surface area contributed by atoms with E-state index in [9.17, 15) is 14.7 Å². The number of rotatable bonds is 2. The van der Waals surface area contributed by atoms with Gasteiger partial charge in [0.2, 0.25) is 5.43 Å². The number of nitrogens with zero attached hydrogens (tertiary/aromatic N) is 3. The number of morpholine rings is 1. The smallest absolute Gasteiger partial charge is 0.341 e. The zero-order chi connectivity index (χ0) is 19.5. The van der Waals surface area contributed by atoms with Gasteiger partial charge in [-0.3, -0.25) is 14.5 Å². The second-order valence-electron chi connectivity index (χ2n) is 7.05. The fourth-order valence-electron chi connectivity index (χ4n) is 3.83. The molecule has 1 aromatic carbocycles. The van der Waals surface area contributed by atoms with Crippen molar-refractivity contribution in [2.75, 3.05) is 36.8 Å². The Labute approximate surface area is 154 Å². The van der Waals surface area contributed by atoms with Crippen LogP contribution in [0.4, 0.5) is 10.1 Å². The number of anilines is 1. The molecule has 2 atom stereocenters. The largest absolute Gasteiger partial charge is 0.477 e. The summed E-state index contributed by atoms with van der Waals surface area (Å²) in [4.78, 5) is 25.9. The van der Waals surface area contributed by atoms with Crippen LogP contribution in [0.2, 0.25) is 0 Å². The molecule has 8 nitrogen and oxygen atoms in total. The average Bonchev–Trinajstić information content (AvgIpc) is 2.58. The van der Waals surface area contributed by atoms with Crippen LogP contribution in [-0.2, 0) is 4.74 Å². The fraction of sp³-hybridized carbons (Fsp3) is 0.444. The summed E-state index contributed by atoms with van der Waals surface area (Å²) >= 11 is 0. The van der Waals surface area contributed by atoms with Gasteiger partial charge in [-0.15, -0.1) is 0 Å². The van der Waals surface area contributed by atoms with Gasteiger partial charge in [0.1, 0.15) is 16.8 Å². The normalized spacial score (nSPS) is 22.1. The molecule has 0 amide bonds. The van der Waals surface area contributed by atoms with Crippen LogP contribution in [0.25, 0.3) is 10.9 Å². The van der Waals surface area contributed by atoms with Crippen molar-refractivity contribution in [2.24, 2.45) is 0 Å². The number of hydrogen-bond acceptors (Lipinski definition) is 6. The third kappa shape index (κ3) is 2.69. The van der Waals surface area contributed by atoms with Crippen molar-refractivity contribution >= 4 is 22.6 Å². The molecule has 0 bridgehead atoms. The summed E-state index contributed by atoms with van der Waals surface area (Å²) in [6, 6.07) is 1.10. The van der Waals surface area contributed by atoms with Gasteiger partial charge in [0.05, 0.1) is 17.6 Å². The molecule has 3 heterocycles. The van der Waals surface area contributed by atoms with Gasteiger partial charge in [-0.25, -0.2) is 9.18 Å². The topological polar surface area (TPSA) is 84.2 Å². The third-order valence-corrected chi connectivity index (χ3v) is 4.88. The van der Waals surface area contributed by atoms with Crippen molar-refractivity contribution in [2.45, 2.75) is 26.1 Å². The third-order valence-electron chi connectivity index (χ3n) is 4.88. The van der Waals surface area contributed by atoms with Gasteiger partial charge >= 0.3 is 5.97 Å². The first-order valence-corrected chi connectivity index (χ1v) is 8.67. The number of carboxylic acid groups (broad SMARTS) is 1. The van der Waals surface area contributed by atoms with Crippen molar-refractivity contribution in [1.29, 1.82) is 0 Å². The monoisotopic (exact) mass is 377 g/mol. The van der Waals surface area contributed by atoms with Crippen molar-refractivity contribution < 1.29 is 23.8 Å². The fourth-order valence-corrected chi connectivity index (χ4v) is 3.83. The van der Waals surface area contributed by atoms with Crippen LogP contribution in [-0.4, -0.2) is 54.8 Å². The van der Waals surface area contributed by atoms with E-state index in [0.29, 0.717) is 18.6 Å². The Kier molecular flexibility index (Phi) is 3.99. The lowest BCUT2D eigenvalue weighted by molar-refractivity contribution is -0.00555. The number of carbonyl (C=O) groups is 1. The Balaban J connectivity index is 2.02. The predicted molar refractivity (Wildman–Crippen MR) is 97.0 cm³/mol. The second-order valence-corrected chi connectivity index (χ2v) is 7.05. The predicted octanol–water partition coefficient (Wildman–Crippen LogP) is 1.37. The minimum atomic E-state index is -1.35. The van der Waals surface area contributed by atoms with Crippen molar-refractivity contribution in [3.8, 4) is 5.75 Å². The standard InChI is InChI=1S/C18H20FN3O5/c1-9-5-21(6-10(2)27-9)15-13(19)4-11-14-17(15)26-8-20(3)22(14)7-12(16(11)23)18(24)25/h4,7,9-10H,5-6,8H2,1-3H3,(H,24,25). The van der Waals surface area contributed by atoms with Gasteiger partial charge in [0.25, 0.3) is 0 Å². The first-order chi connectivity index (χ1) is 12.8. The van der Waals surface area contributed by atoms with E-state index in [0.717, 1.165) is 6.07 Å². The Morgan fingerprint density at radius 1 is 1.30 bits per heavy atom. The number of aromatic nitrogens is 1. The molecule has 0 aliphatic carbocycles. The molecule has 1 saturated heterocycles. The molecule has 144 valence electrons. The van der Waals surface area contributed by atoms with E-state index >= 15 is 4.39 Å². The van der Waals surface area contributed by atoms with Crippen molar-refractivity contribution in [3.63, 3.8) is 0 Å². The zero-order valence-electron chi connectivity index (χ0n) is 15.2. The number of benzene rings is 1. The number of aromatic carboxylic acids is 1. The SMILES string of the molecule is CC1CN(c2c(F)cc3c(=O)c(C(=O)O)cn4c3c2OCN4C)CC(C)O1. The lowest BCUT2D eigenvalue weighted by Crippen LogP contribution is -2.46. The first-order valence-electron chi connectivity index (χ1n) is 8.67. The summed E-state index contributed by atoms with van der Waals surface area (Å²) in [5.74, 6) is -1.72. The molecular formula is C18H20FN3O5. The molecule has 0 spiro atoms. The maximum Gasteiger partial charge on any atom is 0.341 e. The highest BCUT2D eigenvalue weighted by Crippen LogP contribution is 2.40. The average molecular weight is 377 g/mol. The quantitative estimate of drug-likeness (QED) is 0.846. The minimum absolute atomic E-state index is 0.0212. The maximum absolute atomic E-state index is 15.1. The summed E-state index contributed by atoms with van der Waals surface area (Å²) in [5.41, 5.74) is -0.512. The summed E-state index contributed by atoms with van der Waals surface area (Å²) in [6.45, 7) is 4.89. The highest BCUT2D eigenvalue weighted by atomic mass is 19.1. The summed E-state index contributed by atoms with van der Waals surface area (Å²) in [6.07, 6.45) is 1.09. The second kappa shape index (κ2) is 6.12. The number of pyridine rings is 1. The van der Waals surface area contributed by atoms with E-state index in [4.69, 9.17) is 9.47 Å². The van der Waals surface area contributed by atoms with Gasteiger partial charge in [-0.1, -0.05) is 0 Å². The number of ether oxygens (including phenoxy) is 2. The Bertz CT molecular complexity index is 995. The van der Waals surface area contributed by atoms with E-state index < -0.39 is 22.8 Å². The highest BCUT2D eigenvalue weighted by molar-refractivity contribution is 5.97. The molecule has 1 N–H and O–H groups in total. The van der Waals surface area contributed by atoms with Crippen molar-refractivity contribution in [1.82, 2.24) is 4.68 Å². The molecule has 0 radical (unpaired) electrons. The van der Waals surface area contributed by atoms with Crippen molar-refractivity contribution in [3.05, 3.63) is 33.9 Å². The lowest BCUT2D eigenvalue weighted by atomic mass is 10.1. The van der Waals surface area contributed by atoms with E-state index in [1.165, 1.54) is 10.9 Å². The Morgan fingerprint density at radius 3 is 2.59 bits per heavy atom. The van der Waals surface area contributed by atoms with Gasteiger partial charge in [-0.2, -0.15) is 0 Å². The molecule has 2 aliphatic heterocycles.